The molecule has 0 saturated carbocycles. The van der Waals surface area contributed by atoms with Gasteiger partial charge in [0.25, 0.3) is 0 Å². The fourth-order valence-corrected chi connectivity index (χ4v) is 3.67. The molecule has 1 heterocycles. The van der Waals surface area contributed by atoms with Crippen LogP contribution < -0.4 is 28.4 Å². The minimum atomic E-state index is -0.536. The van der Waals surface area contributed by atoms with Crippen LogP contribution in [0, 0.1) is 6.92 Å². The van der Waals surface area contributed by atoms with Gasteiger partial charge in [0.15, 0.2) is 17.3 Å². The molecule has 0 unspecified atom stereocenters. The summed E-state index contributed by atoms with van der Waals surface area (Å²) in [6, 6.07) is 13.1. The zero-order valence-corrected chi connectivity index (χ0v) is 20.0. The Morgan fingerprint density at radius 3 is 2.09 bits per heavy atom. The number of rotatable bonds is 7. The summed E-state index contributed by atoms with van der Waals surface area (Å²) in [4.78, 5) is 25.6. The standard InChI is InChI=1S/C27H24O8/c1-15-20(35-27(29)16-6-8-18(30-2)9-7-16)11-10-19-25(28)24(34-26(15)19)13-17-12-22(32-4)23(33-5)14-21(17)31-3/h6-14H,1-5H3/b24-13-. The van der Waals surface area contributed by atoms with Gasteiger partial charge in [-0.25, -0.2) is 4.79 Å². The maximum Gasteiger partial charge on any atom is 0.343 e. The summed E-state index contributed by atoms with van der Waals surface area (Å²) in [5.41, 5.74) is 1.84. The van der Waals surface area contributed by atoms with Crippen molar-refractivity contribution in [2.45, 2.75) is 6.92 Å². The van der Waals surface area contributed by atoms with Crippen LogP contribution in [0.5, 0.6) is 34.5 Å². The van der Waals surface area contributed by atoms with Crippen LogP contribution in [-0.2, 0) is 0 Å². The molecule has 0 spiro atoms. The summed E-state index contributed by atoms with van der Waals surface area (Å²) in [5.74, 6) is 1.98. The highest BCUT2D eigenvalue weighted by atomic mass is 16.5. The highest BCUT2D eigenvalue weighted by molar-refractivity contribution is 6.15. The van der Waals surface area contributed by atoms with Gasteiger partial charge in [0.1, 0.15) is 23.0 Å². The minimum absolute atomic E-state index is 0.104. The van der Waals surface area contributed by atoms with Gasteiger partial charge in [0.05, 0.1) is 39.6 Å². The van der Waals surface area contributed by atoms with Crippen molar-refractivity contribution in [3.8, 4) is 34.5 Å². The number of carbonyl (C=O) groups is 2. The lowest BCUT2D eigenvalue weighted by atomic mass is 10.1. The Morgan fingerprint density at radius 2 is 1.46 bits per heavy atom. The van der Waals surface area contributed by atoms with E-state index in [9.17, 15) is 9.59 Å². The van der Waals surface area contributed by atoms with Gasteiger partial charge in [-0.2, -0.15) is 0 Å². The van der Waals surface area contributed by atoms with E-state index in [0.717, 1.165) is 0 Å². The van der Waals surface area contributed by atoms with Crippen molar-refractivity contribution >= 4 is 17.8 Å². The SMILES string of the molecule is COc1ccc(C(=O)Oc2ccc3c(c2C)O/C(=C\c2cc(OC)c(OC)cc2OC)C3=O)cc1. The molecule has 0 radical (unpaired) electrons. The van der Waals surface area contributed by atoms with E-state index in [0.29, 0.717) is 56.8 Å². The van der Waals surface area contributed by atoms with Crippen molar-refractivity contribution in [1.29, 1.82) is 0 Å². The molecule has 35 heavy (non-hydrogen) atoms. The van der Waals surface area contributed by atoms with E-state index in [4.69, 9.17) is 28.4 Å². The van der Waals surface area contributed by atoms with Crippen LogP contribution in [0.1, 0.15) is 31.8 Å². The number of benzene rings is 3. The Balaban J connectivity index is 1.63. The molecule has 1 aliphatic rings. The van der Waals surface area contributed by atoms with Crippen LogP contribution in [0.25, 0.3) is 6.08 Å². The maximum atomic E-state index is 13.0. The molecule has 0 aromatic heterocycles. The van der Waals surface area contributed by atoms with Gasteiger partial charge >= 0.3 is 5.97 Å². The second kappa shape index (κ2) is 9.80. The van der Waals surface area contributed by atoms with Crippen LogP contribution in [0.3, 0.4) is 0 Å². The van der Waals surface area contributed by atoms with Crippen molar-refractivity contribution < 1.29 is 38.0 Å². The van der Waals surface area contributed by atoms with Crippen molar-refractivity contribution in [2.75, 3.05) is 28.4 Å². The zero-order chi connectivity index (χ0) is 25.1. The Labute approximate surface area is 202 Å². The third-order valence-corrected chi connectivity index (χ3v) is 5.59. The first-order valence-electron chi connectivity index (χ1n) is 10.6. The second-order valence-corrected chi connectivity index (χ2v) is 7.57. The summed E-state index contributed by atoms with van der Waals surface area (Å²) in [6.07, 6.45) is 1.58. The smallest absolute Gasteiger partial charge is 0.343 e. The molecule has 0 bridgehead atoms. The molecule has 0 saturated heterocycles. The first kappa shape index (κ1) is 23.7. The van der Waals surface area contributed by atoms with Gasteiger partial charge in [0, 0.05) is 17.2 Å². The molecule has 8 heteroatoms. The third-order valence-electron chi connectivity index (χ3n) is 5.59. The fraction of sp³-hybridized carbons (Fsp3) is 0.185. The lowest BCUT2D eigenvalue weighted by Crippen LogP contribution is -2.09. The van der Waals surface area contributed by atoms with Gasteiger partial charge in [-0.1, -0.05) is 0 Å². The first-order chi connectivity index (χ1) is 16.9. The molecule has 3 aromatic rings. The van der Waals surface area contributed by atoms with Crippen LogP contribution in [0.2, 0.25) is 0 Å². The first-order valence-corrected chi connectivity index (χ1v) is 10.6. The zero-order valence-electron chi connectivity index (χ0n) is 20.0. The largest absolute Gasteiger partial charge is 0.497 e. The molecule has 0 atom stereocenters. The number of hydrogen-bond donors (Lipinski definition) is 0. The molecule has 8 nitrogen and oxygen atoms in total. The normalized spacial score (nSPS) is 13.2. The molecular weight excluding hydrogens is 452 g/mol. The van der Waals surface area contributed by atoms with Gasteiger partial charge in [-0.05, 0) is 55.5 Å². The molecule has 0 N–H and O–H groups in total. The highest BCUT2D eigenvalue weighted by Crippen LogP contribution is 2.41. The Kier molecular flexibility index (Phi) is 6.64. The number of esters is 1. The van der Waals surface area contributed by atoms with Crippen molar-refractivity contribution in [3.05, 3.63) is 76.5 Å². The summed E-state index contributed by atoms with van der Waals surface area (Å²) < 4.78 is 32.7. The molecular formula is C27H24O8. The van der Waals surface area contributed by atoms with E-state index < -0.39 is 5.97 Å². The van der Waals surface area contributed by atoms with Crippen LogP contribution in [-0.4, -0.2) is 40.2 Å². The van der Waals surface area contributed by atoms with Crippen LogP contribution >= 0.6 is 0 Å². The van der Waals surface area contributed by atoms with Crippen LogP contribution in [0.15, 0.2) is 54.3 Å². The molecule has 0 fully saturated rings. The summed E-state index contributed by atoms with van der Waals surface area (Å²) in [6.45, 7) is 1.72. The van der Waals surface area contributed by atoms with Gasteiger partial charge < -0.3 is 28.4 Å². The predicted molar refractivity (Wildman–Crippen MR) is 128 cm³/mol. The third kappa shape index (κ3) is 4.50. The number of hydrogen-bond acceptors (Lipinski definition) is 8. The van der Waals surface area contributed by atoms with E-state index in [2.05, 4.69) is 0 Å². The molecule has 3 aromatic carbocycles. The van der Waals surface area contributed by atoms with Gasteiger partial charge in [-0.3, -0.25) is 4.79 Å². The Morgan fingerprint density at radius 1 is 0.800 bits per heavy atom. The Hall–Kier alpha value is -4.46. The lowest BCUT2D eigenvalue weighted by Gasteiger charge is -2.12. The van der Waals surface area contributed by atoms with Crippen molar-refractivity contribution in [2.24, 2.45) is 0 Å². The van der Waals surface area contributed by atoms with E-state index in [1.807, 2.05) is 0 Å². The maximum absolute atomic E-state index is 13.0. The number of Topliss-reactive ketones (excluding diaryl/α,β-unsaturated/α-hetero) is 1. The summed E-state index contributed by atoms with van der Waals surface area (Å²) >= 11 is 0. The highest BCUT2D eigenvalue weighted by Gasteiger charge is 2.31. The average molecular weight is 476 g/mol. The quantitative estimate of drug-likeness (QED) is 0.271. The predicted octanol–water partition coefficient (Wildman–Crippen LogP) is 4.86. The van der Waals surface area contributed by atoms with Gasteiger partial charge in [-0.15, -0.1) is 0 Å². The van der Waals surface area contributed by atoms with E-state index in [1.54, 1.807) is 68.6 Å². The number of fused-ring (bicyclic) bond motifs is 1. The topological polar surface area (TPSA) is 89.5 Å². The molecule has 1 aliphatic heterocycles. The average Bonchev–Trinajstić information content (AvgIpc) is 3.20. The second-order valence-electron chi connectivity index (χ2n) is 7.57. The number of ether oxygens (including phenoxy) is 6. The summed E-state index contributed by atoms with van der Waals surface area (Å²) in [5, 5.41) is 0. The number of ketones is 1. The minimum Gasteiger partial charge on any atom is -0.497 e. The van der Waals surface area contributed by atoms with E-state index >= 15 is 0 Å². The van der Waals surface area contributed by atoms with Crippen LogP contribution in [0.4, 0.5) is 0 Å². The molecule has 4 rings (SSSR count). The number of carbonyl (C=O) groups excluding carboxylic acids is 2. The number of allylic oxidation sites excluding steroid dienone is 1. The number of methoxy groups -OCH3 is 4. The monoisotopic (exact) mass is 476 g/mol. The molecule has 0 amide bonds. The fourth-order valence-electron chi connectivity index (χ4n) is 3.67. The van der Waals surface area contributed by atoms with E-state index in [1.165, 1.54) is 21.3 Å². The molecule has 180 valence electrons. The van der Waals surface area contributed by atoms with Crippen molar-refractivity contribution in [3.63, 3.8) is 0 Å². The Bertz CT molecular complexity index is 1320. The lowest BCUT2D eigenvalue weighted by molar-refractivity contribution is 0.0733. The molecule has 0 aliphatic carbocycles. The van der Waals surface area contributed by atoms with Gasteiger partial charge in [0.2, 0.25) is 5.78 Å². The van der Waals surface area contributed by atoms with Crippen molar-refractivity contribution in [1.82, 2.24) is 0 Å². The summed E-state index contributed by atoms with van der Waals surface area (Å²) in [7, 11) is 6.11. The van der Waals surface area contributed by atoms with E-state index in [-0.39, 0.29) is 11.5 Å².